The Morgan fingerprint density at radius 3 is 2.80 bits per heavy atom. The maximum Gasteiger partial charge on any atom is 0.308 e. The number of carboxylic acid groups (broad SMARTS) is 1. The first-order valence-electron chi connectivity index (χ1n) is 7.03. The van der Waals surface area contributed by atoms with Crippen molar-refractivity contribution in [2.75, 3.05) is 5.32 Å². The predicted octanol–water partition coefficient (Wildman–Crippen LogP) is 1.39. The summed E-state index contributed by atoms with van der Waals surface area (Å²) < 4.78 is 0. The molecule has 20 heavy (non-hydrogen) atoms. The third-order valence-corrected chi connectivity index (χ3v) is 4.25. The average molecular weight is 274 g/mol. The Morgan fingerprint density at radius 1 is 1.25 bits per heavy atom. The summed E-state index contributed by atoms with van der Waals surface area (Å²) in [6.07, 6.45) is 2.92. The standard InChI is InChI=1S/C15H18N2O3/c18-14(17-12-7-3-5-10(12)15(19)20)13-8-9-4-1-2-6-11(9)16-13/h1-2,4,6,10,12-13,16H,3,5,7-8H2,(H,17,18)(H,19,20). The Bertz CT molecular complexity index is 519. The van der Waals surface area contributed by atoms with Crippen LogP contribution in [0.2, 0.25) is 0 Å². The van der Waals surface area contributed by atoms with Crippen molar-refractivity contribution in [1.82, 2.24) is 5.32 Å². The molecule has 0 radical (unpaired) electrons. The first kappa shape index (κ1) is 13.0. The molecule has 1 fully saturated rings. The molecule has 0 bridgehead atoms. The number of carbonyl (C=O) groups excluding carboxylic acids is 1. The van der Waals surface area contributed by atoms with E-state index in [9.17, 15) is 9.59 Å². The predicted molar refractivity (Wildman–Crippen MR) is 74.5 cm³/mol. The van der Waals surface area contributed by atoms with E-state index in [1.807, 2.05) is 24.3 Å². The van der Waals surface area contributed by atoms with Crippen LogP contribution >= 0.6 is 0 Å². The molecule has 0 saturated heterocycles. The van der Waals surface area contributed by atoms with Crippen LogP contribution in [-0.2, 0) is 16.0 Å². The van der Waals surface area contributed by atoms with Crippen molar-refractivity contribution in [1.29, 1.82) is 0 Å². The van der Waals surface area contributed by atoms with Gasteiger partial charge in [-0.25, -0.2) is 0 Å². The van der Waals surface area contributed by atoms with Crippen molar-refractivity contribution < 1.29 is 14.7 Å². The molecule has 3 unspecified atom stereocenters. The molecule has 0 spiro atoms. The van der Waals surface area contributed by atoms with Crippen LogP contribution in [-0.4, -0.2) is 29.1 Å². The zero-order valence-electron chi connectivity index (χ0n) is 11.1. The van der Waals surface area contributed by atoms with Crippen LogP contribution in [0.3, 0.4) is 0 Å². The smallest absolute Gasteiger partial charge is 0.308 e. The Labute approximate surface area is 117 Å². The van der Waals surface area contributed by atoms with E-state index < -0.39 is 11.9 Å². The van der Waals surface area contributed by atoms with Crippen molar-refractivity contribution in [3.8, 4) is 0 Å². The van der Waals surface area contributed by atoms with Gasteiger partial charge in [0.25, 0.3) is 0 Å². The fourth-order valence-corrected chi connectivity index (χ4v) is 3.17. The molecule has 106 valence electrons. The van der Waals surface area contributed by atoms with Gasteiger partial charge < -0.3 is 15.7 Å². The van der Waals surface area contributed by atoms with Crippen molar-refractivity contribution in [2.24, 2.45) is 5.92 Å². The van der Waals surface area contributed by atoms with Gasteiger partial charge in [-0.1, -0.05) is 24.6 Å². The monoisotopic (exact) mass is 274 g/mol. The van der Waals surface area contributed by atoms with Gasteiger partial charge in [0.1, 0.15) is 6.04 Å². The van der Waals surface area contributed by atoms with E-state index in [0.717, 1.165) is 24.1 Å². The number of rotatable bonds is 3. The Morgan fingerprint density at radius 2 is 2.05 bits per heavy atom. The normalized spacial score (nSPS) is 27.7. The Balaban J connectivity index is 1.63. The molecule has 1 aliphatic carbocycles. The van der Waals surface area contributed by atoms with Gasteiger partial charge in [0.05, 0.1) is 5.92 Å². The second-order valence-corrected chi connectivity index (χ2v) is 5.55. The van der Waals surface area contributed by atoms with Gasteiger partial charge in [-0.15, -0.1) is 0 Å². The van der Waals surface area contributed by atoms with Gasteiger partial charge >= 0.3 is 5.97 Å². The van der Waals surface area contributed by atoms with Gasteiger partial charge in [0.2, 0.25) is 5.91 Å². The average Bonchev–Trinajstić information content (AvgIpc) is 3.03. The highest BCUT2D eigenvalue weighted by molar-refractivity contribution is 5.88. The number of anilines is 1. The van der Waals surface area contributed by atoms with Crippen molar-refractivity contribution in [3.63, 3.8) is 0 Å². The summed E-state index contributed by atoms with van der Waals surface area (Å²) in [5.41, 5.74) is 2.13. The number of para-hydroxylation sites is 1. The number of carboxylic acids is 1. The van der Waals surface area contributed by atoms with E-state index in [0.29, 0.717) is 12.8 Å². The zero-order chi connectivity index (χ0) is 14.1. The van der Waals surface area contributed by atoms with E-state index in [4.69, 9.17) is 5.11 Å². The quantitative estimate of drug-likeness (QED) is 0.778. The maximum absolute atomic E-state index is 12.3. The van der Waals surface area contributed by atoms with Gasteiger partial charge in [0.15, 0.2) is 0 Å². The highest BCUT2D eigenvalue weighted by atomic mass is 16.4. The fourth-order valence-electron chi connectivity index (χ4n) is 3.17. The molecule has 3 atom stereocenters. The molecule has 1 aromatic carbocycles. The molecular weight excluding hydrogens is 256 g/mol. The number of hydrogen-bond acceptors (Lipinski definition) is 3. The molecule has 1 saturated carbocycles. The van der Waals surface area contributed by atoms with E-state index >= 15 is 0 Å². The number of fused-ring (bicyclic) bond motifs is 1. The van der Waals surface area contributed by atoms with Crippen molar-refractivity contribution in [2.45, 2.75) is 37.8 Å². The second-order valence-electron chi connectivity index (χ2n) is 5.55. The van der Waals surface area contributed by atoms with Crippen LogP contribution in [0, 0.1) is 5.92 Å². The summed E-state index contributed by atoms with van der Waals surface area (Å²) >= 11 is 0. The van der Waals surface area contributed by atoms with E-state index in [-0.39, 0.29) is 18.0 Å². The summed E-state index contributed by atoms with van der Waals surface area (Å²) in [6, 6.07) is 7.33. The van der Waals surface area contributed by atoms with Crippen LogP contribution in [0.1, 0.15) is 24.8 Å². The van der Waals surface area contributed by atoms with Gasteiger partial charge in [0, 0.05) is 18.2 Å². The van der Waals surface area contributed by atoms with Gasteiger partial charge in [-0.2, -0.15) is 0 Å². The molecule has 5 nitrogen and oxygen atoms in total. The largest absolute Gasteiger partial charge is 0.481 e. The molecule has 0 aromatic heterocycles. The molecule has 1 heterocycles. The molecular formula is C15H18N2O3. The molecule has 1 aromatic rings. The number of nitrogens with one attached hydrogen (secondary N) is 2. The third-order valence-electron chi connectivity index (χ3n) is 4.25. The topological polar surface area (TPSA) is 78.4 Å². The molecule has 1 aliphatic heterocycles. The minimum atomic E-state index is -0.810. The van der Waals surface area contributed by atoms with Crippen LogP contribution in [0.25, 0.3) is 0 Å². The van der Waals surface area contributed by atoms with Crippen molar-refractivity contribution >= 4 is 17.6 Å². The number of aliphatic carboxylic acids is 1. The van der Waals surface area contributed by atoms with Gasteiger partial charge in [-0.05, 0) is 24.5 Å². The number of amides is 1. The van der Waals surface area contributed by atoms with Crippen LogP contribution in [0.5, 0.6) is 0 Å². The fraction of sp³-hybridized carbons (Fsp3) is 0.467. The Kier molecular flexibility index (Phi) is 3.34. The van der Waals surface area contributed by atoms with Crippen molar-refractivity contribution in [3.05, 3.63) is 29.8 Å². The summed E-state index contributed by atoms with van der Waals surface area (Å²) in [5.74, 6) is -1.35. The van der Waals surface area contributed by atoms with E-state index in [1.165, 1.54) is 0 Å². The Hall–Kier alpha value is -2.04. The van der Waals surface area contributed by atoms with Crippen LogP contribution < -0.4 is 10.6 Å². The molecule has 3 rings (SSSR count). The molecule has 3 N–H and O–H groups in total. The lowest BCUT2D eigenvalue weighted by atomic mass is 10.0. The lowest BCUT2D eigenvalue weighted by Crippen LogP contribution is -2.46. The highest BCUT2D eigenvalue weighted by Gasteiger charge is 2.36. The second kappa shape index (κ2) is 5.15. The maximum atomic E-state index is 12.3. The zero-order valence-corrected chi connectivity index (χ0v) is 11.1. The summed E-state index contributed by atoms with van der Waals surface area (Å²) in [4.78, 5) is 23.4. The van der Waals surface area contributed by atoms with Gasteiger partial charge in [-0.3, -0.25) is 9.59 Å². The third kappa shape index (κ3) is 2.35. The number of benzene rings is 1. The number of carbonyl (C=O) groups is 2. The summed E-state index contributed by atoms with van der Waals surface area (Å²) in [5, 5.41) is 15.2. The lowest BCUT2D eigenvalue weighted by molar-refractivity contribution is -0.142. The summed E-state index contributed by atoms with van der Waals surface area (Å²) in [7, 11) is 0. The molecule has 5 heteroatoms. The first-order valence-corrected chi connectivity index (χ1v) is 7.03. The SMILES string of the molecule is O=C(NC1CCCC1C(=O)O)C1Cc2ccccc2N1. The highest BCUT2D eigenvalue weighted by Crippen LogP contribution is 2.28. The molecule has 2 aliphatic rings. The minimum absolute atomic E-state index is 0.0978. The number of hydrogen-bond donors (Lipinski definition) is 3. The van der Waals surface area contributed by atoms with E-state index in [2.05, 4.69) is 10.6 Å². The van der Waals surface area contributed by atoms with Crippen LogP contribution in [0.4, 0.5) is 5.69 Å². The summed E-state index contributed by atoms with van der Waals surface area (Å²) in [6.45, 7) is 0. The first-order chi connectivity index (χ1) is 9.65. The lowest BCUT2D eigenvalue weighted by Gasteiger charge is -2.20. The van der Waals surface area contributed by atoms with E-state index in [1.54, 1.807) is 0 Å². The minimum Gasteiger partial charge on any atom is -0.481 e. The molecule has 1 amide bonds. The van der Waals surface area contributed by atoms with Crippen LogP contribution in [0.15, 0.2) is 24.3 Å².